The fourth-order valence-corrected chi connectivity index (χ4v) is 2.34. The third-order valence-corrected chi connectivity index (χ3v) is 3.64. The van der Waals surface area contributed by atoms with Gasteiger partial charge in [0.2, 0.25) is 0 Å². The molecule has 4 heteroatoms. The summed E-state index contributed by atoms with van der Waals surface area (Å²) in [4.78, 5) is 10.9. The first-order valence-electron chi connectivity index (χ1n) is 7.70. The fraction of sp³-hybridized carbons (Fsp3) is 0.316. The Morgan fingerprint density at radius 2 is 1.83 bits per heavy atom. The van der Waals surface area contributed by atoms with Gasteiger partial charge in [0.1, 0.15) is 12.4 Å². The lowest BCUT2D eigenvalue weighted by Gasteiger charge is -2.16. The molecule has 0 heterocycles. The average molecular weight is 314 g/mol. The molecule has 0 bridgehead atoms. The van der Waals surface area contributed by atoms with Crippen LogP contribution in [-0.4, -0.2) is 17.7 Å². The first kappa shape index (κ1) is 17.0. The van der Waals surface area contributed by atoms with Crippen molar-refractivity contribution in [2.24, 2.45) is 0 Å². The molecule has 0 amide bonds. The lowest BCUT2D eigenvalue weighted by atomic mass is 10.1. The minimum absolute atomic E-state index is 0.0444. The Kier molecular flexibility index (Phi) is 6.18. The van der Waals surface area contributed by atoms with Crippen LogP contribution < -0.4 is 4.74 Å². The van der Waals surface area contributed by atoms with E-state index in [2.05, 4.69) is 13.0 Å². The highest BCUT2D eigenvalue weighted by atomic mass is 16.5. The third-order valence-electron chi connectivity index (χ3n) is 3.64. The number of aryl methyl sites for hydroxylation is 1. The molecule has 0 aliphatic rings. The van der Waals surface area contributed by atoms with Crippen molar-refractivity contribution < 1.29 is 19.4 Å². The molecule has 122 valence electrons. The fourth-order valence-electron chi connectivity index (χ4n) is 2.34. The summed E-state index contributed by atoms with van der Waals surface area (Å²) in [7, 11) is 0. The van der Waals surface area contributed by atoms with Crippen LogP contribution in [0.5, 0.6) is 5.75 Å². The van der Waals surface area contributed by atoms with Gasteiger partial charge in [0, 0.05) is 6.61 Å². The molecule has 0 unspecified atom stereocenters. The highest BCUT2D eigenvalue weighted by Gasteiger charge is 2.15. The maximum atomic E-state index is 10.9. The molecule has 0 fully saturated rings. The number of ether oxygens (including phenoxy) is 2. The van der Waals surface area contributed by atoms with Crippen LogP contribution in [0.25, 0.3) is 0 Å². The molecule has 1 atom stereocenters. The predicted molar refractivity (Wildman–Crippen MR) is 88.6 cm³/mol. The van der Waals surface area contributed by atoms with Gasteiger partial charge in [-0.2, -0.15) is 0 Å². The summed E-state index contributed by atoms with van der Waals surface area (Å²) in [5, 5.41) is 8.96. The van der Waals surface area contributed by atoms with Crippen molar-refractivity contribution in [3.05, 3.63) is 65.2 Å². The van der Waals surface area contributed by atoms with Crippen molar-refractivity contribution in [3.8, 4) is 5.75 Å². The van der Waals surface area contributed by atoms with Crippen LogP contribution in [0.2, 0.25) is 0 Å². The van der Waals surface area contributed by atoms with Gasteiger partial charge in [-0.15, -0.1) is 0 Å². The van der Waals surface area contributed by atoms with Crippen LogP contribution >= 0.6 is 0 Å². The molecule has 0 aromatic heterocycles. The van der Waals surface area contributed by atoms with Crippen molar-refractivity contribution in [1.29, 1.82) is 0 Å². The Hall–Kier alpha value is -2.33. The first-order valence-corrected chi connectivity index (χ1v) is 7.70. The van der Waals surface area contributed by atoms with E-state index >= 15 is 0 Å². The quantitative estimate of drug-likeness (QED) is 0.796. The van der Waals surface area contributed by atoms with E-state index in [4.69, 9.17) is 14.6 Å². The van der Waals surface area contributed by atoms with Gasteiger partial charge in [0.15, 0.2) is 0 Å². The van der Waals surface area contributed by atoms with Crippen LogP contribution in [0.1, 0.15) is 36.1 Å². The molecule has 0 saturated heterocycles. The predicted octanol–water partition coefficient (Wildman–Crippen LogP) is 4.13. The number of hydrogen-bond donors (Lipinski definition) is 1. The molecular formula is C19H22O4. The summed E-state index contributed by atoms with van der Waals surface area (Å²) in [6.45, 7) is 4.90. The molecule has 4 nitrogen and oxygen atoms in total. The second-order valence-electron chi connectivity index (χ2n) is 5.33. The van der Waals surface area contributed by atoms with Gasteiger partial charge < -0.3 is 14.6 Å². The Bertz CT molecular complexity index is 634. The van der Waals surface area contributed by atoms with Crippen molar-refractivity contribution in [2.45, 2.75) is 33.0 Å². The van der Waals surface area contributed by atoms with Crippen molar-refractivity contribution in [3.63, 3.8) is 0 Å². The largest absolute Gasteiger partial charge is 0.489 e. The minimum Gasteiger partial charge on any atom is -0.489 e. The van der Waals surface area contributed by atoms with Gasteiger partial charge in [0.05, 0.1) is 12.5 Å². The van der Waals surface area contributed by atoms with Crippen molar-refractivity contribution >= 4 is 5.97 Å². The van der Waals surface area contributed by atoms with Crippen LogP contribution in [0.4, 0.5) is 0 Å². The molecule has 2 rings (SSSR count). The number of carboxylic acid groups (broad SMARTS) is 1. The van der Waals surface area contributed by atoms with E-state index < -0.39 is 12.1 Å². The summed E-state index contributed by atoms with van der Waals surface area (Å²) in [6.07, 6.45) is -0.472. The lowest BCUT2D eigenvalue weighted by Crippen LogP contribution is -2.10. The van der Waals surface area contributed by atoms with E-state index in [0.717, 1.165) is 16.9 Å². The number of aliphatic carboxylic acids is 1. The zero-order valence-corrected chi connectivity index (χ0v) is 13.5. The summed E-state index contributed by atoms with van der Waals surface area (Å²) >= 11 is 0. The number of carbonyl (C=O) groups is 1. The zero-order chi connectivity index (χ0) is 16.7. The van der Waals surface area contributed by atoms with E-state index in [0.29, 0.717) is 13.2 Å². The number of rotatable bonds is 8. The van der Waals surface area contributed by atoms with E-state index in [1.807, 2.05) is 49.4 Å². The van der Waals surface area contributed by atoms with E-state index in [-0.39, 0.29) is 6.42 Å². The summed E-state index contributed by atoms with van der Waals surface area (Å²) in [5.41, 5.74) is 3.19. The smallest absolute Gasteiger partial charge is 0.306 e. The standard InChI is InChI=1S/C19H22O4/c1-3-22-18(12-19(20)21)15-8-10-17(11-9-15)23-13-16-7-5-4-6-14(16)2/h4-11,18H,3,12-13H2,1-2H3,(H,20,21)/t18-/m1/s1. The Labute approximate surface area is 136 Å². The summed E-state index contributed by atoms with van der Waals surface area (Å²) in [5.74, 6) is -0.120. The topological polar surface area (TPSA) is 55.8 Å². The Morgan fingerprint density at radius 3 is 2.43 bits per heavy atom. The lowest BCUT2D eigenvalue weighted by molar-refractivity contribution is -0.140. The highest BCUT2D eigenvalue weighted by Crippen LogP contribution is 2.24. The number of carboxylic acids is 1. The molecule has 1 N–H and O–H groups in total. The first-order chi connectivity index (χ1) is 11.1. The van der Waals surface area contributed by atoms with Crippen LogP contribution in [0.15, 0.2) is 48.5 Å². The van der Waals surface area contributed by atoms with Gasteiger partial charge in [-0.05, 0) is 42.7 Å². The molecule has 0 aliphatic carbocycles. The molecule has 2 aromatic rings. The van der Waals surface area contributed by atoms with Gasteiger partial charge in [-0.25, -0.2) is 0 Å². The van der Waals surface area contributed by atoms with Crippen LogP contribution in [0.3, 0.4) is 0 Å². The molecule has 23 heavy (non-hydrogen) atoms. The zero-order valence-electron chi connectivity index (χ0n) is 13.5. The van der Waals surface area contributed by atoms with Gasteiger partial charge >= 0.3 is 5.97 Å². The summed E-state index contributed by atoms with van der Waals surface area (Å²) < 4.78 is 11.3. The molecule has 0 spiro atoms. The SMILES string of the molecule is CCO[C@H](CC(=O)O)c1ccc(OCc2ccccc2C)cc1. The Morgan fingerprint density at radius 1 is 1.13 bits per heavy atom. The van der Waals surface area contributed by atoms with Crippen LogP contribution in [-0.2, 0) is 16.1 Å². The molecule has 0 saturated carbocycles. The molecular weight excluding hydrogens is 292 g/mol. The average Bonchev–Trinajstić information content (AvgIpc) is 2.54. The highest BCUT2D eigenvalue weighted by molar-refractivity contribution is 5.67. The minimum atomic E-state index is -0.872. The normalized spacial score (nSPS) is 11.9. The maximum Gasteiger partial charge on any atom is 0.306 e. The monoisotopic (exact) mass is 314 g/mol. The maximum absolute atomic E-state index is 10.9. The van der Waals surface area contributed by atoms with Gasteiger partial charge in [-0.1, -0.05) is 36.4 Å². The number of hydrogen-bond acceptors (Lipinski definition) is 3. The van der Waals surface area contributed by atoms with E-state index in [9.17, 15) is 4.79 Å². The van der Waals surface area contributed by atoms with Gasteiger partial charge in [-0.3, -0.25) is 4.79 Å². The van der Waals surface area contributed by atoms with E-state index in [1.54, 1.807) is 0 Å². The third kappa shape index (κ3) is 5.11. The number of benzene rings is 2. The molecule has 2 aromatic carbocycles. The second-order valence-corrected chi connectivity index (χ2v) is 5.33. The Balaban J connectivity index is 2.00. The second kappa shape index (κ2) is 8.34. The van der Waals surface area contributed by atoms with Crippen molar-refractivity contribution in [2.75, 3.05) is 6.61 Å². The van der Waals surface area contributed by atoms with Gasteiger partial charge in [0.25, 0.3) is 0 Å². The summed E-state index contributed by atoms with van der Waals surface area (Å²) in [6, 6.07) is 15.5. The van der Waals surface area contributed by atoms with Crippen molar-refractivity contribution in [1.82, 2.24) is 0 Å². The molecule has 0 radical (unpaired) electrons. The van der Waals surface area contributed by atoms with Crippen LogP contribution in [0, 0.1) is 6.92 Å². The molecule has 0 aliphatic heterocycles. The van der Waals surface area contributed by atoms with E-state index in [1.165, 1.54) is 5.56 Å².